The van der Waals surface area contributed by atoms with Crippen LogP contribution < -0.4 is 5.32 Å². The minimum atomic E-state index is -0.547. The lowest BCUT2D eigenvalue weighted by Gasteiger charge is -2.20. The molecule has 1 aliphatic heterocycles. The van der Waals surface area contributed by atoms with Gasteiger partial charge in [0.05, 0.1) is 11.4 Å². The predicted molar refractivity (Wildman–Crippen MR) is 106 cm³/mol. The van der Waals surface area contributed by atoms with Crippen molar-refractivity contribution in [2.75, 3.05) is 6.54 Å². The van der Waals surface area contributed by atoms with E-state index in [1.54, 1.807) is 16.8 Å². The average molecular weight is 382 g/mol. The predicted octanol–water partition coefficient (Wildman–Crippen LogP) is 2.87. The molecule has 0 saturated carbocycles. The number of hydrogen-bond donors (Lipinski definition) is 1. The van der Waals surface area contributed by atoms with Crippen LogP contribution in [0.4, 0.5) is 0 Å². The summed E-state index contributed by atoms with van der Waals surface area (Å²) in [5.41, 5.74) is 3.76. The Morgan fingerprint density at radius 3 is 2.57 bits per heavy atom. The Morgan fingerprint density at radius 2 is 1.96 bits per heavy atom. The molecule has 0 saturated heterocycles. The van der Waals surface area contributed by atoms with Crippen molar-refractivity contribution in [3.63, 3.8) is 0 Å². The van der Waals surface area contributed by atoms with Crippen LogP contribution >= 0.6 is 0 Å². The fraction of sp³-hybridized carbons (Fsp3) is 0.429. The summed E-state index contributed by atoms with van der Waals surface area (Å²) in [6, 6.07) is 7.32. The zero-order valence-electron chi connectivity index (χ0n) is 16.8. The fourth-order valence-electron chi connectivity index (χ4n) is 3.46. The minimum absolute atomic E-state index is 0.0433. The van der Waals surface area contributed by atoms with Crippen molar-refractivity contribution in [1.82, 2.24) is 15.1 Å². The van der Waals surface area contributed by atoms with Gasteiger partial charge in [0.15, 0.2) is 11.4 Å². The van der Waals surface area contributed by atoms with E-state index in [0.29, 0.717) is 18.5 Å². The number of nitrogens with one attached hydrogen (secondary N) is 1. The van der Waals surface area contributed by atoms with Crippen LogP contribution in [0.15, 0.2) is 35.6 Å². The quantitative estimate of drug-likeness (QED) is 0.746. The molecule has 148 valence electrons. The third kappa shape index (κ3) is 4.13. The van der Waals surface area contributed by atoms with Gasteiger partial charge in [0, 0.05) is 50.2 Å². The second-order valence-electron chi connectivity index (χ2n) is 7.29. The maximum absolute atomic E-state index is 12.3. The SMILES string of the molecule is CCNC(=O)CCC(=O)c1ccc(C2=NOC(C)(c3cn(C)nc3C)C2)cc1. The molecule has 0 bridgehead atoms. The summed E-state index contributed by atoms with van der Waals surface area (Å²) in [4.78, 5) is 29.6. The van der Waals surface area contributed by atoms with Crippen molar-refractivity contribution < 1.29 is 14.4 Å². The molecular formula is C21H26N4O3. The lowest BCUT2D eigenvalue weighted by molar-refractivity contribution is -0.120. The monoisotopic (exact) mass is 382 g/mol. The highest BCUT2D eigenvalue weighted by Gasteiger charge is 2.39. The Balaban J connectivity index is 1.65. The first kappa shape index (κ1) is 19.8. The van der Waals surface area contributed by atoms with Gasteiger partial charge in [0.25, 0.3) is 0 Å². The van der Waals surface area contributed by atoms with E-state index in [2.05, 4.69) is 15.6 Å². The molecule has 3 rings (SSSR count). The van der Waals surface area contributed by atoms with Gasteiger partial charge < -0.3 is 10.2 Å². The molecule has 7 heteroatoms. The second-order valence-corrected chi connectivity index (χ2v) is 7.29. The molecule has 1 N–H and O–H groups in total. The van der Waals surface area contributed by atoms with E-state index in [1.807, 2.05) is 46.1 Å². The average Bonchev–Trinajstić information content (AvgIpc) is 3.23. The van der Waals surface area contributed by atoms with Crippen molar-refractivity contribution >= 4 is 17.4 Å². The highest BCUT2D eigenvalue weighted by Crippen LogP contribution is 2.37. The summed E-state index contributed by atoms with van der Waals surface area (Å²) in [5.74, 6) is -0.145. The first-order valence-electron chi connectivity index (χ1n) is 9.48. The van der Waals surface area contributed by atoms with E-state index in [9.17, 15) is 9.59 Å². The molecule has 1 unspecified atom stereocenters. The van der Waals surface area contributed by atoms with Crippen molar-refractivity contribution in [3.8, 4) is 0 Å². The standard InChI is InChI=1S/C21H26N4O3/c1-5-22-20(27)11-10-19(26)16-8-6-15(7-9-16)18-12-21(3,28-24-18)17-13-25(4)23-14(17)2/h6-9,13H,5,10-12H2,1-4H3,(H,22,27). The maximum Gasteiger partial charge on any atom is 0.220 e. The summed E-state index contributed by atoms with van der Waals surface area (Å²) >= 11 is 0. The Hall–Kier alpha value is -2.96. The molecule has 1 aliphatic rings. The minimum Gasteiger partial charge on any atom is -0.384 e. The van der Waals surface area contributed by atoms with Crippen LogP contribution in [-0.2, 0) is 22.3 Å². The van der Waals surface area contributed by atoms with Crippen molar-refractivity contribution in [1.29, 1.82) is 0 Å². The first-order chi connectivity index (χ1) is 13.3. The Morgan fingerprint density at radius 1 is 1.25 bits per heavy atom. The molecule has 0 spiro atoms. The topological polar surface area (TPSA) is 85.6 Å². The molecule has 2 heterocycles. The molecule has 0 radical (unpaired) electrons. The Kier molecular flexibility index (Phi) is 5.63. The normalized spacial score (nSPS) is 18.5. The van der Waals surface area contributed by atoms with Crippen LogP contribution in [0.1, 0.15) is 60.3 Å². The van der Waals surface area contributed by atoms with E-state index >= 15 is 0 Å². The third-order valence-corrected chi connectivity index (χ3v) is 4.94. The number of amides is 1. The highest BCUT2D eigenvalue weighted by atomic mass is 16.7. The van der Waals surface area contributed by atoms with Gasteiger partial charge in [-0.3, -0.25) is 14.3 Å². The molecule has 7 nitrogen and oxygen atoms in total. The number of carbonyl (C=O) groups excluding carboxylic acids is 2. The summed E-state index contributed by atoms with van der Waals surface area (Å²) in [7, 11) is 1.89. The zero-order valence-corrected chi connectivity index (χ0v) is 16.8. The van der Waals surface area contributed by atoms with Gasteiger partial charge in [0.2, 0.25) is 5.91 Å². The Labute approximate surface area is 164 Å². The summed E-state index contributed by atoms with van der Waals surface area (Å²) in [5, 5.41) is 11.4. The van der Waals surface area contributed by atoms with Gasteiger partial charge >= 0.3 is 0 Å². The molecule has 1 aromatic heterocycles. The van der Waals surface area contributed by atoms with Gasteiger partial charge in [-0.25, -0.2) is 0 Å². The molecular weight excluding hydrogens is 356 g/mol. The smallest absolute Gasteiger partial charge is 0.220 e. The molecule has 0 aliphatic carbocycles. The number of carbonyl (C=O) groups is 2. The molecule has 1 aromatic carbocycles. The lowest BCUT2D eigenvalue weighted by Crippen LogP contribution is -2.23. The van der Waals surface area contributed by atoms with E-state index < -0.39 is 5.60 Å². The van der Waals surface area contributed by atoms with E-state index in [4.69, 9.17) is 4.84 Å². The van der Waals surface area contributed by atoms with Gasteiger partial charge in [-0.2, -0.15) is 5.10 Å². The first-order valence-corrected chi connectivity index (χ1v) is 9.48. The number of Topliss-reactive ketones (excluding diaryl/α,β-unsaturated/α-hetero) is 1. The number of aryl methyl sites for hydroxylation is 2. The number of hydrogen-bond acceptors (Lipinski definition) is 5. The van der Waals surface area contributed by atoms with E-state index in [-0.39, 0.29) is 24.5 Å². The van der Waals surface area contributed by atoms with Gasteiger partial charge in [-0.15, -0.1) is 0 Å². The summed E-state index contributed by atoms with van der Waals surface area (Å²) in [6.07, 6.45) is 3.00. The number of ketones is 1. The third-order valence-electron chi connectivity index (χ3n) is 4.94. The fourth-order valence-corrected chi connectivity index (χ4v) is 3.46. The number of oxime groups is 1. The van der Waals surface area contributed by atoms with Gasteiger partial charge in [-0.05, 0) is 26.3 Å². The maximum atomic E-state index is 12.3. The van der Waals surface area contributed by atoms with Crippen molar-refractivity contribution in [3.05, 3.63) is 52.8 Å². The molecule has 28 heavy (non-hydrogen) atoms. The van der Waals surface area contributed by atoms with Gasteiger partial charge in [-0.1, -0.05) is 29.4 Å². The number of benzene rings is 1. The second kappa shape index (κ2) is 7.96. The lowest BCUT2D eigenvalue weighted by atomic mass is 9.89. The largest absolute Gasteiger partial charge is 0.384 e. The van der Waals surface area contributed by atoms with Crippen LogP contribution in [0.3, 0.4) is 0 Å². The van der Waals surface area contributed by atoms with E-state index in [1.165, 1.54) is 0 Å². The Bertz CT molecular complexity index is 914. The molecule has 0 fully saturated rings. The van der Waals surface area contributed by atoms with Gasteiger partial charge in [0.1, 0.15) is 0 Å². The van der Waals surface area contributed by atoms with Crippen molar-refractivity contribution in [2.24, 2.45) is 12.2 Å². The summed E-state index contributed by atoms with van der Waals surface area (Å²) < 4.78 is 1.78. The summed E-state index contributed by atoms with van der Waals surface area (Å²) in [6.45, 7) is 6.40. The molecule has 2 aromatic rings. The number of rotatable bonds is 7. The molecule has 1 atom stereocenters. The van der Waals surface area contributed by atoms with Crippen LogP contribution in [0.2, 0.25) is 0 Å². The van der Waals surface area contributed by atoms with Crippen molar-refractivity contribution in [2.45, 2.75) is 45.6 Å². The van der Waals surface area contributed by atoms with Crippen LogP contribution in [0.5, 0.6) is 0 Å². The van der Waals surface area contributed by atoms with Crippen LogP contribution in [0, 0.1) is 6.92 Å². The highest BCUT2D eigenvalue weighted by molar-refractivity contribution is 6.03. The van der Waals surface area contributed by atoms with E-state index in [0.717, 1.165) is 22.5 Å². The van der Waals surface area contributed by atoms with Crippen LogP contribution in [0.25, 0.3) is 0 Å². The molecule has 1 amide bonds. The number of nitrogens with zero attached hydrogens (tertiary/aromatic N) is 3. The number of aromatic nitrogens is 2. The van der Waals surface area contributed by atoms with Crippen LogP contribution in [-0.4, -0.2) is 33.7 Å². The zero-order chi connectivity index (χ0) is 20.3.